The molecule has 0 fully saturated rings. The van der Waals surface area contributed by atoms with Gasteiger partial charge in [0.2, 0.25) is 0 Å². The summed E-state index contributed by atoms with van der Waals surface area (Å²) in [6, 6.07) is 9.70. The Morgan fingerprint density at radius 1 is 1.15 bits per heavy atom. The Labute approximate surface area is 79.9 Å². The third kappa shape index (κ3) is 5.39. The van der Waals surface area contributed by atoms with Crippen molar-refractivity contribution in [3.8, 4) is 0 Å². The molecule has 1 aromatic carbocycles. The Balaban J connectivity index is 0.000000424. The summed E-state index contributed by atoms with van der Waals surface area (Å²) < 4.78 is 0. The van der Waals surface area contributed by atoms with Crippen LogP contribution >= 0.6 is 0 Å². The molecule has 0 aliphatic carbocycles. The average Bonchev–Trinajstić information content (AvgIpc) is 2.19. The average molecular weight is 182 g/mol. The van der Waals surface area contributed by atoms with E-state index >= 15 is 0 Å². The Bertz CT molecular complexity index is 197. The Morgan fingerprint density at radius 2 is 1.62 bits per heavy atom. The molecule has 0 aromatic heterocycles. The fourth-order valence-corrected chi connectivity index (χ4v) is 0.911. The van der Waals surface area contributed by atoms with Gasteiger partial charge in [0.05, 0.1) is 6.10 Å². The van der Waals surface area contributed by atoms with Gasteiger partial charge < -0.3 is 10.2 Å². The summed E-state index contributed by atoms with van der Waals surface area (Å²) in [5.74, 6) is 0. The minimum Gasteiger partial charge on any atom is -0.397 e. The first-order valence-electron chi connectivity index (χ1n) is 4.60. The highest BCUT2D eigenvalue weighted by molar-refractivity contribution is 5.16. The molecule has 0 amide bonds. The Kier molecular flexibility index (Phi) is 7.26. The molecule has 0 saturated heterocycles. The second-order valence-electron chi connectivity index (χ2n) is 2.65. The molecule has 2 N–H and O–H groups in total. The zero-order chi connectivity index (χ0) is 10.1. The summed E-state index contributed by atoms with van der Waals surface area (Å²) in [5, 5.41) is 16.9. The largest absolute Gasteiger partial charge is 0.397 e. The molecule has 1 aromatic rings. The van der Waals surface area contributed by atoms with Crippen molar-refractivity contribution in [3.63, 3.8) is 0 Å². The van der Waals surface area contributed by atoms with E-state index in [1.807, 2.05) is 37.3 Å². The van der Waals surface area contributed by atoms with Gasteiger partial charge in [-0.25, -0.2) is 0 Å². The maximum Gasteiger partial charge on any atom is 0.0787 e. The quantitative estimate of drug-likeness (QED) is 0.735. The van der Waals surface area contributed by atoms with Crippen LogP contribution in [0.4, 0.5) is 0 Å². The maximum absolute atomic E-state index is 9.33. The fourth-order valence-electron chi connectivity index (χ4n) is 0.911. The summed E-state index contributed by atoms with van der Waals surface area (Å²) in [5.41, 5.74) is 1.00. The molecule has 1 atom stereocenters. The first kappa shape index (κ1) is 12.1. The number of hydrogen-bond acceptors (Lipinski definition) is 2. The summed E-state index contributed by atoms with van der Waals surface area (Å²) in [7, 11) is 0. The SMILES string of the molecule is CCO.CC[C@@H](O)c1ccccc1. The summed E-state index contributed by atoms with van der Waals surface area (Å²) in [6.45, 7) is 3.90. The van der Waals surface area contributed by atoms with E-state index in [4.69, 9.17) is 5.11 Å². The van der Waals surface area contributed by atoms with E-state index in [-0.39, 0.29) is 12.7 Å². The van der Waals surface area contributed by atoms with E-state index < -0.39 is 0 Å². The lowest BCUT2D eigenvalue weighted by Crippen LogP contribution is -1.93. The first-order valence-corrected chi connectivity index (χ1v) is 4.60. The number of aliphatic hydroxyl groups excluding tert-OH is 2. The van der Waals surface area contributed by atoms with Crippen LogP contribution in [0.2, 0.25) is 0 Å². The summed E-state index contributed by atoms with van der Waals surface area (Å²) in [6.07, 6.45) is 0.491. The van der Waals surface area contributed by atoms with Gasteiger partial charge in [0.15, 0.2) is 0 Å². The molecule has 0 unspecified atom stereocenters. The van der Waals surface area contributed by atoms with Crippen molar-refractivity contribution in [2.24, 2.45) is 0 Å². The summed E-state index contributed by atoms with van der Waals surface area (Å²) >= 11 is 0. The van der Waals surface area contributed by atoms with Crippen LogP contribution in [-0.2, 0) is 0 Å². The molecule has 0 bridgehead atoms. The zero-order valence-electron chi connectivity index (χ0n) is 8.27. The highest BCUT2D eigenvalue weighted by Crippen LogP contribution is 2.14. The van der Waals surface area contributed by atoms with Gasteiger partial charge >= 0.3 is 0 Å². The lowest BCUT2D eigenvalue weighted by atomic mass is 10.1. The molecule has 0 spiro atoms. The van der Waals surface area contributed by atoms with Crippen LogP contribution in [0.15, 0.2) is 30.3 Å². The third-order valence-corrected chi connectivity index (χ3v) is 1.57. The minimum atomic E-state index is -0.291. The van der Waals surface area contributed by atoms with Crippen LogP contribution in [0.5, 0.6) is 0 Å². The topological polar surface area (TPSA) is 40.5 Å². The second-order valence-corrected chi connectivity index (χ2v) is 2.65. The predicted molar refractivity (Wildman–Crippen MR) is 54.5 cm³/mol. The van der Waals surface area contributed by atoms with E-state index in [1.165, 1.54) is 0 Å². The lowest BCUT2D eigenvalue weighted by molar-refractivity contribution is 0.173. The molecule has 0 saturated carbocycles. The van der Waals surface area contributed by atoms with Crippen molar-refractivity contribution in [2.45, 2.75) is 26.4 Å². The van der Waals surface area contributed by atoms with Gasteiger partial charge in [-0.3, -0.25) is 0 Å². The van der Waals surface area contributed by atoms with Gasteiger partial charge in [0.1, 0.15) is 0 Å². The van der Waals surface area contributed by atoms with Crippen LogP contribution in [0.3, 0.4) is 0 Å². The molecule has 0 aliphatic heterocycles. The highest BCUT2D eigenvalue weighted by Gasteiger charge is 2.00. The standard InChI is InChI=1S/C9H12O.C2H6O/c1-2-9(10)8-6-4-3-5-7-8;1-2-3/h3-7,9-10H,2H2,1H3;3H,2H2,1H3/t9-;/m1./s1. The normalized spacial score (nSPS) is 11.4. The van der Waals surface area contributed by atoms with Gasteiger partial charge in [0, 0.05) is 6.61 Å². The third-order valence-electron chi connectivity index (χ3n) is 1.57. The molecular weight excluding hydrogens is 164 g/mol. The van der Waals surface area contributed by atoms with Gasteiger partial charge in [-0.15, -0.1) is 0 Å². The van der Waals surface area contributed by atoms with Gasteiger partial charge in [-0.05, 0) is 18.9 Å². The second kappa shape index (κ2) is 7.77. The number of rotatable bonds is 2. The molecule has 1 rings (SSSR count). The van der Waals surface area contributed by atoms with Crippen molar-refractivity contribution in [3.05, 3.63) is 35.9 Å². The van der Waals surface area contributed by atoms with E-state index in [9.17, 15) is 5.11 Å². The Hall–Kier alpha value is -0.860. The van der Waals surface area contributed by atoms with Crippen molar-refractivity contribution in [2.75, 3.05) is 6.61 Å². The van der Waals surface area contributed by atoms with Crippen LogP contribution in [-0.4, -0.2) is 16.8 Å². The van der Waals surface area contributed by atoms with Gasteiger partial charge in [0.25, 0.3) is 0 Å². The zero-order valence-corrected chi connectivity index (χ0v) is 8.27. The monoisotopic (exact) mass is 182 g/mol. The van der Waals surface area contributed by atoms with Crippen LogP contribution in [0.1, 0.15) is 31.9 Å². The van der Waals surface area contributed by atoms with Gasteiger partial charge in [-0.1, -0.05) is 37.3 Å². The predicted octanol–water partition coefficient (Wildman–Crippen LogP) is 2.13. The lowest BCUT2D eigenvalue weighted by Gasteiger charge is -2.05. The van der Waals surface area contributed by atoms with E-state index in [0.717, 1.165) is 12.0 Å². The maximum atomic E-state index is 9.33. The molecule has 2 heteroatoms. The summed E-state index contributed by atoms with van der Waals surface area (Å²) in [4.78, 5) is 0. The van der Waals surface area contributed by atoms with E-state index in [1.54, 1.807) is 6.92 Å². The highest BCUT2D eigenvalue weighted by atomic mass is 16.3. The van der Waals surface area contributed by atoms with Crippen LogP contribution in [0.25, 0.3) is 0 Å². The van der Waals surface area contributed by atoms with Crippen LogP contribution < -0.4 is 0 Å². The Morgan fingerprint density at radius 3 is 2.00 bits per heavy atom. The van der Waals surface area contributed by atoms with Gasteiger partial charge in [-0.2, -0.15) is 0 Å². The smallest absolute Gasteiger partial charge is 0.0787 e. The molecule has 0 radical (unpaired) electrons. The van der Waals surface area contributed by atoms with Crippen molar-refractivity contribution < 1.29 is 10.2 Å². The number of hydrogen-bond donors (Lipinski definition) is 2. The molecule has 0 heterocycles. The first-order chi connectivity index (χ1) is 6.26. The van der Waals surface area contributed by atoms with E-state index in [2.05, 4.69) is 0 Å². The minimum absolute atomic E-state index is 0.250. The fraction of sp³-hybridized carbons (Fsp3) is 0.455. The van der Waals surface area contributed by atoms with Crippen LogP contribution in [0, 0.1) is 0 Å². The van der Waals surface area contributed by atoms with Crippen molar-refractivity contribution in [1.82, 2.24) is 0 Å². The number of aliphatic hydroxyl groups is 2. The molecule has 74 valence electrons. The molecule has 2 nitrogen and oxygen atoms in total. The number of benzene rings is 1. The molecule has 0 aliphatic rings. The van der Waals surface area contributed by atoms with Crippen molar-refractivity contribution in [1.29, 1.82) is 0 Å². The van der Waals surface area contributed by atoms with Crippen molar-refractivity contribution >= 4 is 0 Å². The van der Waals surface area contributed by atoms with E-state index in [0.29, 0.717) is 0 Å². The molecule has 13 heavy (non-hydrogen) atoms. The molecular formula is C11H18O2.